The molecule has 4 nitrogen and oxygen atoms in total. The number of hydrogen-bond donors (Lipinski definition) is 1. The highest BCUT2D eigenvalue weighted by Gasteiger charge is 2.30. The van der Waals surface area contributed by atoms with Gasteiger partial charge < -0.3 is 14.6 Å². The fourth-order valence-electron chi connectivity index (χ4n) is 2.49. The van der Waals surface area contributed by atoms with Crippen LogP contribution in [0.15, 0.2) is 12.5 Å². The first-order valence-electron chi connectivity index (χ1n) is 6.19. The summed E-state index contributed by atoms with van der Waals surface area (Å²) < 4.78 is 8.18. The Balaban J connectivity index is 1.77. The van der Waals surface area contributed by atoms with Gasteiger partial charge in [-0.25, -0.2) is 4.98 Å². The molecule has 0 amide bonds. The number of hydrogen-bond acceptors (Lipinski definition) is 3. The molecule has 88 valence electrons. The van der Waals surface area contributed by atoms with E-state index in [1.807, 2.05) is 19.6 Å². The highest BCUT2D eigenvalue weighted by Crippen LogP contribution is 2.38. The van der Waals surface area contributed by atoms with Crippen molar-refractivity contribution in [2.75, 3.05) is 13.7 Å². The van der Waals surface area contributed by atoms with Crippen LogP contribution in [0.2, 0.25) is 0 Å². The number of aromatic nitrogens is 2. The second kappa shape index (κ2) is 4.18. The van der Waals surface area contributed by atoms with Crippen molar-refractivity contribution >= 4 is 0 Å². The number of nitrogens with zero attached hydrogens (tertiary/aromatic N) is 2. The minimum atomic E-state index is 0.231. The van der Waals surface area contributed by atoms with Crippen LogP contribution in [0.1, 0.15) is 43.5 Å². The molecule has 16 heavy (non-hydrogen) atoms. The molecule has 1 aromatic heterocycles. The first-order chi connectivity index (χ1) is 7.88. The Morgan fingerprint density at radius 2 is 2.31 bits per heavy atom. The summed E-state index contributed by atoms with van der Waals surface area (Å²) in [5.74, 6) is 0. The molecule has 2 atom stereocenters. The molecule has 1 saturated carbocycles. The van der Waals surface area contributed by atoms with Crippen molar-refractivity contribution in [2.24, 2.45) is 0 Å². The maximum atomic E-state index is 5.87. The van der Waals surface area contributed by atoms with E-state index in [4.69, 9.17) is 4.74 Å². The molecule has 0 spiro atoms. The third-order valence-electron chi connectivity index (χ3n) is 3.66. The first kappa shape index (κ1) is 10.3. The van der Waals surface area contributed by atoms with Crippen LogP contribution in [0.3, 0.4) is 0 Å². The molecular weight excluding hydrogens is 202 g/mol. The Labute approximate surface area is 96.0 Å². The molecule has 0 aromatic carbocycles. The molecule has 0 radical (unpaired) electrons. The van der Waals surface area contributed by atoms with Crippen LogP contribution in [0.5, 0.6) is 0 Å². The third kappa shape index (κ3) is 1.87. The van der Waals surface area contributed by atoms with Crippen LogP contribution in [-0.2, 0) is 4.74 Å². The van der Waals surface area contributed by atoms with Gasteiger partial charge in [-0.05, 0) is 32.7 Å². The summed E-state index contributed by atoms with van der Waals surface area (Å²) in [6.07, 6.45) is 8.94. The summed E-state index contributed by atoms with van der Waals surface area (Å²) in [5.41, 5.74) is 1.27. The zero-order valence-corrected chi connectivity index (χ0v) is 9.72. The zero-order chi connectivity index (χ0) is 11.0. The average molecular weight is 221 g/mol. The Morgan fingerprint density at radius 3 is 3.06 bits per heavy atom. The molecule has 0 bridgehead atoms. The minimum absolute atomic E-state index is 0.231. The Hall–Kier alpha value is -0.870. The molecule has 1 aromatic rings. The van der Waals surface area contributed by atoms with E-state index in [2.05, 4.69) is 14.9 Å². The predicted molar refractivity (Wildman–Crippen MR) is 61.3 cm³/mol. The number of nitrogens with one attached hydrogen (secondary N) is 1. The Bertz CT molecular complexity index is 359. The maximum Gasteiger partial charge on any atom is 0.101 e. The van der Waals surface area contributed by atoms with Crippen LogP contribution in [0.25, 0.3) is 0 Å². The fourth-order valence-corrected chi connectivity index (χ4v) is 2.49. The maximum absolute atomic E-state index is 5.87. The quantitative estimate of drug-likeness (QED) is 0.843. The van der Waals surface area contributed by atoms with E-state index in [1.165, 1.54) is 18.5 Å². The molecule has 1 aliphatic carbocycles. The molecule has 4 heteroatoms. The van der Waals surface area contributed by atoms with Gasteiger partial charge in [0.1, 0.15) is 6.10 Å². The van der Waals surface area contributed by atoms with Crippen molar-refractivity contribution < 1.29 is 4.74 Å². The molecular formula is C12H19N3O. The van der Waals surface area contributed by atoms with Gasteiger partial charge in [-0.3, -0.25) is 0 Å². The van der Waals surface area contributed by atoms with Crippen molar-refractivity contribution in [3.8, 4) is 0 Å². The lowest BCUT2D eigenvalue weighted by atomic mass is 10.0. The van der Waals surface area contributed by atoms with Gasteiger partial charge in [0.25, 0.3) is 0 Å². The predicted octanol–water partition coefficient (Wildman–Crippen LogP) is 1.66. The van der Waals surface area contributed by atoms with Crippen molar-refractivity contribution in [1.29, 1.82) is 0 Å². The molecule has 1 N–H and O–H groups in total. The Kier molecular flexibility index (Phi) is 2.69. The van der Waals surface area contributed by atoms with E-state index in [-0.39, 0.29) is 6.10 Å². The minimum Gasteiger partial charge on any atom is -0.372 e. The van der Waals surface area contributed by atoms with E-state index in [9.17, 15) is 0 Å². The van der Waals surface area contributed by atoms with Crippen LogP contribution in [-0.4, -0.2) is 29.2 Å². The number of ether oxygens (including phenoxy) is 1. The van der Waals surface area contributed by atoms with Crippen LogP contribution >= 0.6 is 0 Å². The standard InChI is InChI=1S/C12H19N3O/c1-13-9-4-5-16-12(6-9)11-7-14-8-15(11)10-2-3-10/h7-10,12-13H,2-6H2,1H3. The van der Waals surface area contributed by atoms with E-state index < -0.39 is 0 Å². The molecule has 2 aliphatic rings. The second-order valence-electron chi connectivity index (χ2n) is 4.83. The largest absolute Gasteiger partial charge is 0.372 e. The second-order valence-corrected chi connectivity index (χ2v) is 4.83. The van der Waals surface area contributed by atoms with Crippen molar-refractivity contribution in [2.45, 2.75) is 43.9 Å². The normalized spacial score (nSPS) is 30.6. The molecule has 2 heterocycles. The van der Waals surface area contributed by atoms with E-state index in [1.54, 1.807) is 0 Å². The van der Waals surface area contributed by atoms with Gasteiger partial charge in [-0.1, -0.05) is 0 Å². The lowest BCUT2D eigenvalue weighted by molar-refractivity contribution is -0.00299. The highest BCUT2D eigenvalue weighted by atomic mass is 16.5. The van der Waals surface area contributed by atoms with Crippen LogP contribution in [0.4, 0.5) is 0 Å². The fraction of sp³-hybridized carbons (Fsp3) is 0.750. The Morgan fingerprint density at radius 1 is 1.44 bits per heavy atom. The lowest BCUT2D eigenvalue weighted by Gasteiger charge is -2.29. The smallest absolute Gasteiger partial charge is 0.101 e. The number of rotatable bonds is 3. The van der Waals surface area contributed by atoms with Gasteiger partial charge in [0.2, 0.25) is 0 Å². The van der Waals surface area contributed by atoms with Crippen molar-refractivity contribution in [3.05, 3.63) is 18.2 Å². The molecule has 2 unspecified atom stereocenters. The van der Waals surface area contributed by atoms with Gasteiger partial charge in [-0.2, -0.15) is 0 Å². The SMILES string of the molecule is CNC1CCOC(c2cncn2C2CC2)C1. The van der Waals surface area contributed by atoms with Crippen molar-refractivity contribution in [3.63, 3.8) is 0 Å². The summed E-state index contributed by atoms with van der Waals surface area (Å²) in [6.45, 7) is 0.853. The van der Waals surface area contributed by atoms with E-state index in [0.29, 0.717) is 12.1 Å². The van der Waals surface area contributed by atoms with Crippen LogP contribution in [0, 0.1) is 0 Å². The summed E-state index contributed by atoms with van der Waals surface area (Å²) in [5, 5.41) is 3.35. The highest BCUT2D eigenvalue weighted by molar-refractivity contribution is 5.08. The van der Waals surface area contributed by atoms with Gasteiger partial charge in [0, 0.05) is 18.7 Å². The van der Waals surface area contributed by atoms with Gasteiger partial charge in [-0.15, -0.1) is 0 Å². The lowest BCUT2D eigenvalue weighted by Crippen LogP contribution is -2.34. The topological polar surface area (TPSA) is 39.1 Å². The third-order valence-corrected chi connectivity index (χ3v) is 3.66. The summed E-state index contributed by atoms with van der Waals surface area (Å²) >= 11 is 0. The summed E-state index contributed by atoms with van der Waals surface area (Å²) in [4.78, 5) is 4.27. The van der Waals surface area contributed by atoms with E-state index >= 15 is 0 Å². The van der Waals surface area contributed by atoms with E-state index in [0.717, 1.165) is 19.4 Å². The van der Waals surface area contributed by atoms with Crippen LogP contribution < -0.4 is 5.32 Å². The molecule has 1 saturated heterocycles. The molecule has 1 aliphatic heterocycles. The van der Waals surface area contributed by atoms with Gasteiger partial charge >= 0.3 is 0 Å². The van der Waals surface area contributed by atoms with Gasteiger partial charge in [0.05, 0.1) is 18.2 Å². The monoisotopic (exact) mass is 221 g/mol. The molecule has 3 rings (SSSR count). The molecule has 2 fully saturated rings. The first-order valence-corrected chi connectivity index (χ1v) is 6.19. The van der Waals surface area contributed by atoms with Gasteiger partial charge in [0.15, 0.2) is 0 Å². The average Bonchev–Trinajstić information content (AvgIpc) is 3.07. The number of imidazole rings is 1. The zero-order valence-electron chi connectivity index (χ0n) is 9.72. The summed E-state index contributed by atoms with van der Waals surface area (Å²) in [6, 6.07) is 1.28. The van der Waals surface area contributed by atoms with Crippen molar-refractivity contribution in [1.82, 2.24) is 14.9 Å². The summed E-state index contributed by atoms with van der Waals surface area (Å²) in [7, 11) is 2.03.